The number of amides is 2. The number of nitrogens with zero attached hydrogens (tertiary/aromatic N) is 2. The molecule has 0 saturated carbocycles. The fourth-order valence-corrected chi connectivity index (χ4v) is 4.06. The molecule has 36 heavy (non-hydrogen) atoms. The zero-order valence-electron chi connectivity index (χ0n) is 20.0. The molecule has 3 aromatic carbocycles. The van der Waals surface area contributed by atoms with E-state index < -0.39 is 30.0 Å². The van der Waals surface area contributed by atoms with E-state index in [1.54, 1.807) is 0 Å². The van der Waals surface area contributed by atoms with Gasteiger partial charge in [0.05, 0.1) is 24.0 Å². The Balaban J connectivity index is 1.68. The number of hydrogen-bond donors (Lipinski definition) is 2. The van der Waals surface area contributed by atoms with Crippen LogP contribution in [-0.4, -0.2) is 48.9 Å². The van der Waals surface area contributed by atoms with Gasteiger partial charge in [-0.15, -0.1) is 0 Å². The first-order chi connectivity index (χ1) is 17.4. The van der Waals surface area contributed by atoms with Crippen LogP contribution in [0.15, 0.2) is 89.9 Å². The number of ether oxygens (including phenoxy) is 1. The van der Waals surface area contributed by atoms with E-state index in [1.807, 2.05) is 84.9 Å². The van der Waals surface area contributed by atoms with Crippen LogP contribution in [0.3, 0.4) is 0 Å². The Morgan fingerprint density at radius 1 is 1.00 bits per heavy atom. The number of rotatable bonds is 8. The second kappa shape index (κ2) is 11.4. The maximum absolute atomic E-state index is 13.7. The van der Waals surface area contributed by atoms with E-state index in [0.29, 0.717) is 17.8 Å². The number of nitrogens with two attached hydrogens (primary N) is 1. The molecule has 0 aliphatic carbocycles. The number of carbonyl (C=O) groups excluding carboxylic acids is 3. The predicted octanol–water partition coefficient (Wildman–Crippen LogP) is 2.45. The van der Waals surface area contributed by atoms with E-state index in [9.17, 15) is 14.4 Å². The molecule has 3 N–H and O–H groups in total. The molecule has 0 spiro atoms. The summed E-state index contributed by atoms with van der Waals surface area (Å²) < 4.78 is 5.10. The zero-order chi connectivity index (χ0) is 25.5. The molecule has 8 heteroatoms. The van der Waals surface area contributed by atoms with E-state index in [4.69, 9.17) is 15.5 Å². The van der Waals surface area contributed by atoms with Gasteiger partial charge < -0.3 is 20.7 Å². The maximum Gasteiger partial charge on any atom is 0.302 e. The molecule has 0 saturated heterocycles. The van der Waals surface area contributed by atoms with Crippen molar-refractivity contribution in [2.45, 2.75) is 25.6 Å². The van der Waals surface area contributed by atoms with E-state index >= 15 is 0 Å². The Kier molecular flexibility index (Phi) is 7.87. The summed E-state index contributed by atoms with van der Waals surface area (Å²) in [5.41, 5.74) is 9.80. The van der Waals surface area contributed by atoms with E-state index in [-0.39, 0.29) is 13.2 Å². The average molecular weight is 485 g/mol. The monoisotopic (exact) mass is 484 g/mol. The molecule has 0 bridgehead atoms. The van der Waals surface area contributed by atoms with Gasteiger partial charge in [-0.1, -0.05) is 78.9 Å². The van der Waals surface area contributed by atoms with Crippen molar-refractivity contribution in [1.82, 2.24) is 5.32 Å². The Morgan fingerprint density at radius 2 is 1.64 bits per heavy atom. The minimum atomic E-state index is -1.21. The zero-order valence-corrected chi connectivity index (χ0v) is 20.0. The van der Waals surface area contributed by atoms with Crippen LogP contribution in [0.2, 0.25) is 0 Å². The molecule has 3 aromatic rings. The molecular weight excluding hydrogens is 456 g/mol. The van der Waals surface area contributed by atoms with Crippen molar-refractivity contribution in [1.29, 1.82) is 0 Å². The molecule has 1 aliphatic rings. The van der Waals surface area contributed by atoms with Gasteiger partial charge in [0.25, 0.3) is 5.91 Å². The van der Waals surface area contributed by atoms with E-state index in [0.717, 1.165) is 16.7 Å². The van der Waals surface area contributed by atoms with Crippen LogP contribution in [0.4, 0.5) is 5.69 Å². The van der Waals surface area contributed by atoms with Crippen molar-refractivity contribution in [3.8, 4) is 0 Å². The fraction of sp³-hybridized carbons (Fsp3) is 0.214. The van der Waals surface area contributed by atoms with Gasteiger partial charge in [0, 0.05) is 18.1 Å². The highest BCUT2D eigenvalue weighted by atomic mass is 16.5. The first-order valence-corrected chi connectivity index (χ1v) is 11.7. The molecule has 1 aliphatic heterocycles. The van der Waals surface area contributed by atoms with Crippen LogP contribution in [-0.2, 0) is 25.5 Å². The smallest absolute Gasteiger partial charge is 0.302 e. The highest BCUT2D eigenvalue weighted by Gasteiger charge is 2.33. The molecule has 0 unspecified atom stereocenters. The fourth-order valence-electron chi connectivity index (χ4n) is 4.06. The first kappa shape index (κ1) is 24.8. The third-order valence-corrected chi connectivity index (χ3v) is 5.79. The summed E-state index contributed by atoms with van der Waals surface area (Å²) in [7, 11) is 0. The number of anilines is 1. The summed E-state index contributed by atoms with van der Waals surface area (Å²) in [5.74, 6) is -1.37. The van der Waals surface area contributed by atoms with Crippen molar-refractivity contribution in [2.75, 3.05) is 18.1 Å². The molecule has 4 rings (SSSR count). The number of para-hydroxylation sites is 1. The number of fused-ring (bicyclic) bond motifs is 1. The minimum Gasteiger partial charge on any atom is -0.464 e. The molecule has 8 nitrogen and oxygen atoms in total. The lowest BCUT2D eigenvalue weighted by atomic mass is 10.0. The van der Waals surface area contributed by atoms with Crippen LogP contribution in [0.1, 0.15) is 23.6 Å². The van der Waals surface area contributed by atoms with Gasteiger partial charge in [-0.2, -0.15) is 0 Å². The number of hydrogen-bond acceptors (Lipinski definition) is 6. The second-order valence-electron chi connectivity index (χ2n) is 8.40. The lowest BCUT2D eigenvalue weighted by molar-refractivity contribution is -0.141. The largest absolute Gasteiger partial charge is 0.464 e. The molecule has 0 fully saturated rings. The van der Waals surface area contributed by atoms with Crippen molar-refractivity contribution in [3.05, 3.63) is 102 Å². The standard InChI is InChI=1S/C28H28N4O4/c1-19(33)36-17-16-32-24-15-9-8-14-22(24)25(21-12-6-3-7-13-21)30-26(28(32)35)31-27(34)23(29)18-20-10-4-2-5-11-20/h2-15,23,26H,16-18,29H2,1H3,(H,31,34)/t23-,26-/m0/s1. The van der Waals surface area contributed by atoms with Gasteiger partial charge in [-0.25, -0.2) is 4.99 Å². The number of carbonyl (C=O) groups is 3. The topological polar surface area (TPSA) is 114 Å². The van der Waals surface area contributed by atoms with Crippen LogP contribution < -0.4 is 16.0 Å². The third-order valence-electron chi connectivity index (χ3n) is 5.79. The Bertz CT molecular complexity index is 1260. The summed E-state index contributed by atoms with van der Waals surface area (Å²) in [5, 5.41) is 2.74. The lowest BCUT2D eigenvalue weighted by Gasteiger charge is -2.25. The van der Waals surface area contributed by atoms with E-state index in [1.165, 1.54) is 11.8 Å². The maximum atomic E-state index is 13.7. The first-order valence-electron chi connectivity index (χ1n) is 11.7. The van der Waals surface area contributed by atoms with Gasteiger partial charge in [0.1, 0.15) is 6.61 Å². The van der Waals surface area contributed by atoms with Crippen LogP contribution in [0, 0.1) is 0 Å². The highest BCUT2D eigenvalue weighted by Crippen LogP contribution is 2.28. The quantitative estimate of drug-likeness (QED) is 0.477. The molecule has 184 valence electrons. The molecule has 0 radical (unpaired) electrons. The predicted molar refractivity (Wildman–Crippen MR) is 138 cm³/mol. The normalized spacial score (nSPS) is 15.8. The summed E-state index contributed by atoms with van der Waals surface area (Å²) in [4.78, 5) is 44.3. The number of nitrogens with one attached hydrogen (secondary N) is 1. The second-order valence-corrected chi connectivity index (χ2v) is 8.40. The van der Waals surface area contributed by atoms with Gasteiger partial charge >= 0.3 is 5.97 Å². The SMILES string of the molecule is CC(=O)OCCN1C(=O)[C@H](NC(=O)[C@@H](N)Cc2ccccc2)N=C(c2ccccc2)c2ccccc21. The molecule has 2 amide bonds. The molecule has 2 atom stereocenters. The number of esters is 1. The minimum absolute atomic E-state index is 0.00423. The van der Waals surface area contributed by atoms with Crippen LogP contribution in [0.25, 0.3) is 0 Å². The van der Waals surface area contributed by atoms with Crippen LogP contribution in [0.5, 0.6) is 0 Å². The molecule has 0 aromatic heterocycles. The molecule has 1 heterocycles. The van der Waals surface area contributed by atoms with Gasteiger partial charge in [0.2, 0.25) is 12.1 Å². The number of aliphatic imine (C=N–C) groups is 1. The summed E-state index contributed by atoms with van der Waals surface area (Å²) in [6.45, 7) is 1.42. The summed E-state index contributed by atoms with van der Waals surface area (Å²) in [6.07, 6.45) is -0.890. The van der Waals surface area contributed by atoms with Gasteiger partial charge in [-0.3, -0.25) is 14.4 Å². The van der Waals surface area contributed by atoms with Crippen LogP contribution >= 0.6 is 0 Å². The van der Waals surface area contributed by atoms with Crippen molar-refractivity contribution in [2.24, 2.45) is 10.7 Å². The van der Waals surface area contributed by atoms with Gasteiger partial charge in [0.15, 0.2) is 0 Å². The van der Waals surface area contributed by atoms with Crippen molar-refractivity contribution in [3.63, 3.8) is 0 Å². The van der Waals surface area contributed by atoms with Crippen molar-refractivity contribution >= 4 is 29.2 Å². The lowest BCUT2D eigenvalue weighted by Crippen LogP contribution is -2.52. The summed E-state index contributed by atoms with van der Waals surface area (Å²) >= 11 is 0. The molecular formula is C28H28N4O4. The Labute approximate surface area is 209 Å². The summed E-state index contributed by atoms with van der Waals surface area (Å²) in [6, 6.07) is 25.4. The Morgan fingerprint density at radius 3 is 2.33 bits per heavy atom. The third kappa shape index (κ3) is 5.84. The number of benzodiazepines with no additional fused rings is 1. The Hall–Kier alpha value is -4.30. The van der Waals surface area contributed by atoms with Crippen molar-refractivity contribution < 1.29 is 19.1 Å². The van der Waals surface area contributed by atoms with Gasteiger partial charge in [-0.05, 0) is 18.1 Å². The number of benzene rings is 3. The highest BCUT2D eigenvalue weighted by molar-refractivity contribution is 6.20. The average Bonchev–Trinajstić information content (AvgIpc) is 3.00. The van der Waals surface area contributed by atoms with E-state index in [2.05, 4.69) is 5.32 Å².